The Morgan fingerprint density at radius 2 is 0.920 bits per heavy atom. The molecule has 0 radical (unpaired) electrons. The molecule has 0 saturated carbocycles. The van der Waals surface area contributed by atoms with Crippen molar-refractivity contribution in [3.05, 3.63) is 0 Å². The molecule has 0 saturated heterocycles. The number of unbranched alkanes of at least 4 members (excludes halogenated alkanes) is 14. The molecule has 0 aromatic carbocycles. The molecule has 0 rings (SSSR count). The number of hydrogen-bond acceptors (Lipinski definition) is 4. The molecule has 0 fully saturated rings. The summed E-state index contributed by atoms with van der Waals surface area (Å²) in [7, 11) is -3.29. The molecule has 0 unspecified atom stereocenters. The molecule has 3 N–H and O–H groups in total. The third-order valence-electron chi connectivity index (χ3n) is 4.51. The smallest absolute Gasteiger partial charge is 0.267 e. The van der Waals surface area contributed by atoms with Gasteiger partial charge in [-0.15, -0.1) is 0 Å². The molecule has 0 atom stereocenters. The molecule has 0 aliphatic rings. The zero-order valence-corrected chi connectivity index (χ0v) is 17.9. The predicted molar refractivity (Wildman–Crippen MR) is 110 cm³/mol. The van der Waals surface area contributed by atoms with Gasteiger partial charge in [0.1, 0.15) is 0 Å². The third-order valence-corrected chi connectivity index (χ3v) is 5.82. The second kappa shape index (κ2) is 20.2. The van der Waals surface area contributed by atoms with Crippen LogP contribution in [0.15, 0.2) is 0 Å². The second-order valence-electron chi connectivity index (χ2n) is 7.03. The maximum Gasteiger partial charge on any atom is 0.267 e. The highest BCUT2D eigenvalue weighted by atomic mass is 32.2. The standard InChI is InChI=1S/C20H42O3S.H3N/c1-3-5-7-9-11-12-13-15-17-19-23-24(21,22)20-18-16-14-10-8-6-4-2;/h3-20H2,1-2H3;1H3. The minimum absolute atomic E-state index is 0. The number of hydrogen-bond donors (Lipinski definition) is 1. The van der Waals surface area contributed by atoms with E-state index in [9.17, 15) is 8.42 Å². The van der Waals surface area contributed by atoms with E-state index in [1.807, 2.05) is 0 Å². The summed E-state index contributed by atoms with van der Waals surface area (Å²) in [6.45, 7) is 4.81. The van der Waals surface area contributed by atoms with E-state index < -0.39 is 10.1 Å². The maximum atomic E-state index is 11.8. The van der Waals surface area contributed by atoms with Gasteiger partial charge in [0.25, 0.3) is 10.1 Å². The zero-order chi connectivity index (χ0) is 17.9. The maximum absolute atomic E-state index is 11.8. The van der Waals surface area contributed by atoms with Gasteiger partial charge < -0.3 is 6.15 Å². The van der Waals surface area contributed by atoms with Crippen molar-refractivity contribution in [1.82, 2.24) is 6.15 Å². The monoisotopic (exact) mass is 379 g/mol. The Bertz CT molecular complexity index is 345. The minimum atomic E-state index is -3.29. The minimum Gasteiger partial charge on any atom is -0.344 e. The fourth-order valence-electron chi connectivity index (χ4n) is 2.89. The summed E-state index contributed by atoms with van der Waals surface area (Å²) in [4.78, 5) is 0. The predicted octanol–water partition coefficient (Wildman–Crippen LogP) is 6.78. The molecule has 0 spiro atoms. The summed E-state index contributed by atoms with van der Waals surface area (Å²) in [5.74, 6) is 0.193. The van der Waals surface area contributed by atoms with Gasteiger partial charge >= 0.3 is 0 Å². The van der Waals surface area contributed by atoms with E-state index >= 15 is 0 Å². The highest BCUT2D eigenvalue weighted by Gasteiger charge is 2.10. The molecule has 154 valence electrons. The Balaban J connectivity index is 0. The molecule has 4 nitrogen and oxygen atoms in total. The Labute approximate surface area is 158 Å². The lowest BCUT2D eigenvalue weighted by molar-refractivity contribution is 0.305. The van der Waals surface area contributed by atoms with Crippen LogP contribution in [0.5, 0.6) is 0 Å². The van der Waals surface area contributed by atoms with E-state index in [1.54, 1.807) is 0 Å². The second-order valence-corrected chi connectivity index (χ2v) is 8.79. The fraction of sp³-hybridized carbons (Fsp3) is 1.00. The van der Waals surface area contributed by atoms with Crippen LogP contribution in [0.2, 0.25) is 0 Å². The quantitative estimate of drug-likeness (QED) is 0.198. The van der Waals surface area contributed by atoms with E-state index in [4.69, 9.17) is 4.18 Å². The molecule has 25 heavy (non-hydrogen) atoms. The molecule has 0 heterocycles. The summed E-state index contributed by atoms with van der Waals surface area (Å²) in [5, 5.41) is 0. The summed E-state index contributed by atoms with van der Waals surface area (Å²) < 4.78 is 28.7. The van der Waals surface area contributed by atoms with Crippen molar-refractivity contribution in [2.45, 2.75) is 117 Å². The number of rotatable bonds is 19. The van der Waals surface area contributed by atoms with Crippen LogP contribution in [-0.4, -0.2) is 20.8 Å². The Morgan fingerprint density at radius 1 is 0.560 bits per heavy atom. The first kappa shape index (κ1) is 27.1. The van der Waals surface area contributed by atoms with Crippen LogP contribution in [0.25, 0.3) is 0 Å². The molecule has 0 aromatic heterocycles. The first-order chi connectivity index (χ1) is 11.6. The van der Waals surface area contributed by atoms with Gasteiger partial charge in [0.05, 0.1) is 12.4 Å². The molecule has 0 bridgehead atoms. The van der Waals surface area contributed by atoms with Crippen molar-refractivity contribution in [3.63, 3.8) is 0 Å². The Morgan fingerprint density at radius 3 is 1.36 bits per heavy atom. The van der Waals surface area contributed by atoms with Crippen molar-refractivity contribution in [3.8, 4) is 0 Å². The summed E-state index contributed by atoms with van der Waals surface area (Å²) in [5.41, 5.74) is 0. The average molecular weight is 380 g/mol. The molecular formula is C20H45NO3S. The van der Waals surface area contributed by atoms with Crippen molar-refractivity contribution in [2.24, 2.45) is 0 Å². The van der Waals surface area contributed by atoms with E-state index in [0.29, 0.717) is 6.61 Å². The molecule has 5 heteroatoms. The first-order valence-corrected chi connectivity index (χ1v) is 12.1. The van der Waals surface area contributed by atoms with Gasteiger partial charge in [0.2, 0.25) is 0 Å². The van der Waals surface area contributed by atoms with Gasteiger partial charge in [-0.05, 0) is 12.8 Å². The first-order valence-electron chi connectivity index (χ1n) is 10.5. The molecule has 0 amide bonds. The lowest BCUT2D eigenvalue weighted by Gasteiger charge is -2.06. The largest absolute Gasteiger partial charge is 0.344 e. The van der Waals surface area contributed by atoms with Crippen molar-refractivity contribution in [2.75, 3.05) is 12.4 Å². The average Bonchev–Trinajstić information content (AvgIpc) is 2.55. The van der Waals surface area contributed by atoms with Crippen LogP contribution >= 0.6 is 0 Å². The highest BCUT2D eigenvalue weighted by molar-refractivity contribution is 7.86. The summed E-state index contributed by atoms with van der Waals surface area (Å²) in [6, 6.07) is 0. The van der Waals surface area contributed by atoms with E-state index in [-0.39, 0.29) is 11.9 Å². The normalized spacial score (nSPS) is 11.4. The summed E-state index contributed by atoms with van der Waals surface area (Å²) in [6.07, 6.45) is 19.0. The van der Waals surface area contributed by atoms with Crippen molar-refractivity contribution < 1.29 is 12.6 Å². The van der Waals surface area contributed by atoms with Gasteiger partial charge in [-0.1, -0.05) is 104 Å². The van der Waals surface area contributed by atoms with E-state index in [2.05, 4.69) is 13.8 Å². The Hall–Kier alpha value is -0.130. The van der Waals surface area contributed by atoms with Gasteiger partial charge in [-0.25, -0.2) is 0 Å². The Kier molecular flexibility index (Phi) is 21.9. The SMILES string of the molecule is CCCCCCCCCCCOS(=O)(=O)CCCCCCCCC.N. The highest BCUT2D eigenvalue weighted by Crippen LogP contribution is 2.11. The van der Waals surface area contributed by atoms with Crippen molar-refractivity contribution >= 4 is 10.1 Å². The molecular weight excluding hydrogens is 334 g/mol. The van der Waals surface area contributed by atoms with Crippen LogP contribution in [0, 0.1) is 0 Å². The van der Waals surface area contributed by atoms with Crippen LogP contribution < -0.4 is 6.15 Å². The van der Waals surface area contributed by atoms with Crippen LogP contribution in [0.4, 0.5) is 0 Å². The van der Waals surface area contributed by atoms with Gasteiger partial charge in [-0.2, -0.15) is 8.42 Å². The lowest BCUT2D eigenvalue weighted by Crippen LogP contribution is -2.11. The van der Waals surface area contributed by atoms with Crippen molar-refractivity contribution in [1.29, 1.82) is 0 Å². The van der Waals surface area contributed by atoms with Gasteiger partial charge in [0, 0.05) is 0 Å². The van der Waals surface area contributed by atoms with E-state index in [1.165, 1.54) is 70.6 Å². The lowest BCUT2D eigenvalue weighted by atomic mass is 10.1. The third kappa shape index (κ3) is 21.8. The fourth-order valence-corrected chi connectivity index (χ4v) is 3.94. The molecule has 0 aliphatic heterocycles. The zero-order valence-electron chi connectivity index (χ0n) is 17.1. The topological polar surface area (TPSA) is 78.4 Å². The van der Waals surface area contributed by atoms with Gasteiger partial charge in [-0.3, -0.25) is 4.18 Å². The van der Waals surface area contributed by atoms with Crippen LogP contribution in [0.1, 0.15) is 117 Å². The van der Waals surface area contributed by atoms with Gasteiger partial charge in [0.15, 0.2) is 0 Å². The van der Waals surface area contributed by atoms with Crippen LogP contribution in [0.3, 0.4) is 0 Å². The van der Waals surface area contributed by atoms with E-state index in [0.717, 1.165) is 32.1 Å². The summed E-state index contributed by atoms with van der Waals surface area (Å²) >= 11 is 0. The molecule has 0 aliphatic carbocycles. The van der Waals surface area contributed by atoms with Crippen LogP contribution in [-0.2, 0) is 14.3 Å². The molecule has 0 aromatic rings.